The molecule has 6 rings (SSSR count). The summed E-state index contributed by atoms with van der Waals surface area (Å²) in [5, 5.41) is 15.6. The number of methoxy groups -OCH3 is 1. The van der Waals surface area contributed by atoms with Gasteiger partial charge in [-0.1, -0.05) is 76.4 Å². The summed E-state index contributed by atoms with van der Waals surface area (Å²) < 4.78 is 17.0. The van der Waals surface area contributed by atoms with Crippen LogP contribution in [0.1, 0.15) is 69.5 Å². The SMILES string of the molecule is COC(=O)c1cccc(C2CC2(C#N)c2ccccc2OC(Cl)c2c(-c3c(Cl)cccc3Cl)noc2C2CC2)c1. The molecule has 0 saturated heterocycles. The van der Waals surface area contributed by atoms with E-state index in [0.29, 0.717) is 50.4 Å². The van der Waals surface area contributed by atoms with E-state index >= 15 is 0 Å². The smallest absolute Gasteiger partial charge is 0.337 e. The van der Waals surface area contributed by atoms with Crippen LogP contribution in [-0.4, -0.2) is 18.2 Å². The van der Waals surface area contributed by atoms with Crippen molar-refractivity contribution in [3.63, 3.8) is 0 Å². The Morgan fingerprint density at radius 1 is 1.10 bits per heavy atom. The molecule has 2 aliphatic rings. The zero-order valence-electron chi connectivity index (χ0n) is 21.4. The first-order valence-electron chi connectivity index (χ1n) is 12.8. The van der Waals surface area contributed by atoms with Gasteiger partial charge in [0, 0.05) is 23.0 Å². The summed E-state index contributed by atoms with van der Waals surface area (Å²) in [4.78, 5) is 12.1. The van der Waals surface area contributed by atoms with Crippen LogP contribution in [0, 0.1) is 11.3 Å². The standard InChI is InChI=1S/C31H23Cl3N2O4/c1-38-30(37)19-7-4-6-18(14-19)21-15-31(21,16-35)20-8-2-3-11-24(20)39-29(34)26-27(36-40-28(26)17-12-13-17)25-22(32)9-5-10-23(25)33/h2-11,14,17,21,29H,12-13,15H2,1H3. The molecule has 40 heavy (non-hydrogen) atoms. The van der Waals surface area contributed by atoms with Crippen molar-refractivity contribution in [2.24, 2.45) is 0 Å². The number of alkyl halides is 1. The number of carbonyl (C=O) groups excluding carboxylic acids is 1. The van der Waals surface area contributed by atoms with Gasteiger partial charge < -0.3 is 14.0 Å². The number of benzene rings is 3. The van der Waals surface area contributed by atoms with Crippen molar-refractivity contribution in [2.45, 2.75) is 42.1 Å². The minimum Gasteiger partial charge on any atom is -0.470 e. The summed E-state index contributed by atoms with van der Waals surface area (Å²) in [6, 6.07) is 22.3. The van der Waals surface area contributed by atoms with Gasteiger partial charge in [-0.3, -0.25) is 0 Å². The monoisotopic (exact) mass is 592 g/mol. The maximum absolute atomic E-state index is 12.1. The normalized spacial score (nSPS) is 20.4. The molecule has 9 heteroatoms. The summed E-state index contributed by atoms with van der Waals surface area (Å²) in [5.74, 6) is 0.777. The van der Waals surface area contributed by atoms with E-state index in [-0.39, 0.29) is 11.8 Å². The van der Waals surface area contributed by atoms with Crippen LogP contribution in [0.25, 0.3) is 11.3 Å². The fourth-order valence-corrected chi connectivity index (χ4v) is 6.21. The van der Waals surface area contributed by atoms with Crippen molar-refractivity contribution >= 4 is 40.8 Å². The molecule has 1 aromatic heterocycles. The molecule has 0 amide bonds. The van der Waals surface area contributed by atoms with E-state index in [2.05, 4.69) is 11.2 Å². The lowest BCUT2D eigenvalue weighted by atomic mass is 9.91. The van der Waals surface area contributed by atoms with Gasteiger partial charge in [0.25, 0.3) is 0 Å². The van der Waals surface area contributed by atoms with E-state index in [1.165, 1.54) is 7.11 Å². The highest BCUT2D eigenvalue weighted by molar-refractivity contribution is 6.39. The predicted molar refractivity (Wildman–Crippen MR) is 152 cm³/mol. The van der Waals surface area contributed by atoms with E-state index < -0.39 is 16.9 Å². The van der Waals surface area contributed by atoms with Crippen LogP contribution in [0.3, 0.4) is 0 Å². The zero-order chi connectivity index (χ0) is 28.0. The van der Waals surface area contributed by atoms with Crippen LogP contribution in [-0.2, 0) is 10.2 Å². The second-order valence-electron chi connectivity index (χ2n) is 10.1. The van der Waals surface area contributed by atoms with Crippen molar-refractivity contribution in [1.29, 1.82) is 5.26 Å². The molecule has 0 bridgehead atoms. The van der Waals surface area contributed by atoms with Crippen LogP contribution < -0.4 is 4.74 Å². The van der Waals surface area contributed by atoms with Crippen LogP contribution in [0.2, 0.25) is 10.0 Å². The third-order valence-corrected chi connectivity index (χ3v) is 8.54. The van der Waals surface area contributed by atoms with E-state index in [1.54, 1.807) is 42.5 Å². The number of carbonyl (C=O) groups is 1. The molecule has 3 atom stereocenters. The number of esters is 1. The second-order valence-corrected chi connectivity index (χ2v) is 11.3. The van der Waals surface area contributed by atoms with Gasteiger partial charge in [0.05, 0.1) is 39.8 Å². The Balaban J connectivity index is 1.36. The Bertz CT molecular complexity index is 1640. The lowest BCUT2D eigenvalue weighted by molar-refractivity contribution is 0.0600. The molecule has 0 radical (unpaired) electrons. The molecule has 2 fully saturated rings. The average molecular weight is 594 g/mol. The molecule has 2 saturated carbocycles. The molecule has 2 aliphatic carbocycles. The number of hydrogen-bond acceptors (Lipinski definition) is 6. The summed E-state index contributed by atoms with van der Waals surface area (Å²) >= 11 is 20.0. The van der Waals surface area contributed by atoms with E-state index in [0.717, 1.165) is 24.0 Å². The Labute approximate surface area is 246 Å². The van der Waals surface area contributed by atoms with E-state index in [1.807, 2.05) is 24.3 Å². The number of hydrogen-bond donors (Lipinski definition) is 0. The topological polar surface area (TPSA) is 85.4 Å². The molecule has 4 aromatic rings. The number of aromatic nitrogens is 1. The number of nitriles is 1. The van der Waals surface area contributed by atoms with Crippen molar-refractivity contribution in [2.75, 3.05) is 7.11 Å². The highest BCUT2D eigenvalue weighted by Gasteiger charge is 2.58. The van der Waals surface area contributed by atoms with Crippen LogP contribution in [0.15, 0.2) is 71.3 Å². The molecule has 6 nitrogen and oxygen atoms in total. The Morgan fingerprint density at radius 2 is 1.82 bits per heavy atom. The fourth-order valence-electron chi connectivity index (χ4n) is 5.33. The first kappa shape index (κ1) is 26.7. The van der Waals surface area contributed by atoms with Gasteiger partial charge in [0.2, 0.25) is 5.56 Å². The van der Waals surface area contributed by atoms with Gasteiger partial charge in [-0.05, 0) is 55.2 Å². The molecule has 1 heterocycles. The number of rotatable bonds is 8. The number of ether oxygens (including phenoxy) is 2. The van der Waals surface area contributed by atoms with Gasteiger partial charge in [0.15, 0.2) is 0 Å². The van der Waals surface area contributed by atoms with Crippen molar-refractivity contribution < 1.29 is 18.8 Å². The molecule has 3 unspecified atom stereocenters. The molecule has 0 spiro atoms. The number of halogens is 3. The van der Waals surface area contributed by atoms with E-state index in [4.69, 9.17) is 48.8 Å². The van der Waals surface area contributed by atoms with Gasteiger partial charge in [-0.2, -0.15) is 5.26 Å². The summed E-state index contributed by atoms with van der Waals surface area (Å²) in [6.07, 6.45) is 2.49. The lowest BCUT2D eigenvalue weighted by Gasteiger charge is -2.20. The third kappa shape index (κ3) is 4.62. The molecule has 3 aromatic carbocycles. The van der Waals surface area contributed by atoms with E-state index in [9.17, 15) is 10.1 Å². The summed E-state index contributed by atoms with van der Waals surface area (Å²) in [5.41, 5.74) is 1.76. The van der Waals surface area contributed by atoms with Crippen molar-refractivity contribution in [3.8, 4) is 23.1 Å². The Kier molecular flexibility index (Phi) is 7.00. The number of para-hydroxylation sites is 1. The Morgan fingerprint density at radius 3 is 2.52 bits per heavy atom. The molecular weight excluding hydrogens is 571 g/mol. The molecular formula is C31H23Cl3N2O4. The average Bonchev–Trinajstić information content (AvgIpc) is 3.90. The fraction of sp³-hybridized carbons (Fsp3) is 0.258. The van der Waals surface area contributed by atoms with Crippen molar-refractivity contribution in [3.05, 3.63) is 105 Å². The highest BCUT2D eigenvalue weighted by atomic mass is 35.5. The second kappa shape index (κ2) is 10.5. The van der Waals surface area contributed by atoms with Crippen LogP contribution >= 0.6 is 34.8 Å². The van der Waals surface area contributed by atoms with Gasteiger partial charge in [-0.15, -0.1) is 0 Å². The predicted octanol–water partition coefficient (Wildman–Crippen LogP) is 8.58. The third-order valence-electron chi connectivity index (χ3n) is 7.60. The summed E-state index contributed by atoms with van der Waals surface area (Å²) in [6.45, 7) is 0. The summed E-state index contributed by atoms with van der Waals surface area (Å²) in [7, 11) is 1.34. The lowest BCUT2D eigenvalue weighted by Crippen LogP contribution is -2.12. The van der Waals surface area contributed by atoms with Crippen LogP contribution in [0.4, 0.5) is 0 Å². The Hall–Kier alpha value is -3.50. The first-order valence-corrected chi connectivity index (χ1v) is 14.0. The highest BCUT2D eigenvalue weighted by Crippen LogP contribution is 2.62. The first-order chi connectivity index (χ1) is 19.4. The zero-order valence-corrected chi connectivity index (χ0v) is 23.6. The quantitative estimate of drug-likeness (QED) is 0.150. The largest absolute Gasteiger partial charge is 0.470 e. The van der Waals surface area contributed by atoms with Gasteiger partial charge in [0.1, 0.15) is 17.2 Å². The minimum atomic E-state index is -0.985. The molecule has 202 valence electrons. The number of nitrogens with zero attached hydrogens (tertiary/aromatic N) is 2. The molecule has 0 aliphatic heterocycles. The van der Waals surface area contributed by atoms with Crippen molar-refractivity contribution in [1.82, 2.24) is 5.16 Å². The van der Waals surface area contributed by atoms with Gasteiger partial charge in [-0.25, -0.2) is 4.79 Å². The van der Waals surface area contributed by atoms with Crippen LogP contribution in [0.5, 0.6) is 5.75 Å². The maximum atomic E-state index is 12.1. The molecule has 0 N–H and O–H groups in total. The minimum absolute atomic E-state index is 0.129. The maximum Gasteiger partial charge on any atom is 0.337 e. The van der Waals surface area contributed by atoms with Gasteiger partial charge >= 0.3 is 5.97 Å².